The summed E-state index contributed by atoms with van der Waals surface area (Å²) in [7, 11) is 1.80. The first-order valence-electron chi connectivity index (χ1n) is 4.61. The number of aliphatic imine (C=N–C) groups is 1. The second-order valence-corrected chi connectivity index (χ2v) is 2.47. The number of hydrogen-bond acceptors (Lipinski definition) is 3. The molecule has 0 radical (unpaired) electrons. The fraction of sp³-hybridized carbons (Fsp3) is 0.400. The predicted molar refractivity (Wildman–Crippen MR) is 62.1 cm³/mol. The largest absolute Gasteiger partial charge is 0.382 e. The number of aryl methyl sites for hydroxylation is 1. The fourth-order valence-electron chi connectivity index (χ4n) is 0.945. The summed E-state index contributed by atoms with van der Waals surface area (Å²) < 4.78 is 1.64. The Balaban J connectivity index is 0.000000791. The molecule has 0 aliphatic heterocycles. The second kappa shape index (κ2) is 5.96. The second-order valence-electron chi connectivity index (χ2n) is 2.47. The molecule has 1 heterocycles. The van der Waals surface area contributed by atoms with Crippen molar-refractivity contribution in [1.82, 2.24) is 9.78 Å². The molecular weight excluding hydrogens is 176 g/mol. The Morgan fingerprint density at radius 1 is 1.50 bits per heavy atom. The van der Waals surface area contributed by atoms with Gasteiger partial charge in [0, 0.05) is 18.8 Å². The minimum atomic E-state index is 0.522. The summed E-state index contributed by atoms with van der Waals surface area (Å²) in [5.41, 5.74) is 6.48. The van der Waals surface area contributed by atoms with E-state index >= 15 is 0 Å². The molecule has 0 atom stereocenters. The van der Waals surface area contributed by atoms with Crippen LogP contribution < -0.4 is 5.73 Å². The molecule has 0 aliphatic carbocycles. The van der Waals surface area contributed by atoms with Crippen molar-refractivity contribution in [3.63, 3.8) is 0 Å². The average Bonchev–Trinajstić information content (AvgIpc) is 2.43. The summed E-state index contributed by atoms with van der Waals surface area (Å²) in [5.74, 6) is 1.29. The molecule has 1 aromatic rings. The Kier molecular flexibility index (Phi) is 5.29. The van der Waals surface area contributed by atoms with Crippen LogP contribution in [-0.2, 0) is 7.05 Å². The molecule has 1 aromatic heterocycles. The molecule has 14 heavy (non-hydrogen) atoms. The third-order valence-electron chi connectivity index (χ3n) is 1.59. The molecule has 1 rings (SSSR count). The lowest BCUT2D eigenvalue weighted by Crippen LogP contribution is -1.91. The Labute approximate surface area is 85.1 Å². The monoisotopic (exact) mass is 194 g/mol. The van der Waals surface area contributed by atoms with Crippen LogP contribution in [0.25, 0.3) is 0 Å². The highest BCUT2D eigenvalue weighted by atomic mass is 15.3. The van der Waals surface area contributed by atoms with Gasteiger partial charge in [-0.3, -0.25) is 0 Å². The molecule has 4 heteroatoms. The van der Waals surface area contributed by atoms with Gasteiger partial charge in [0.05, 0.1) is 0 Å². The smallest absolute Gasteiger partial charge is 0.155 e. The molecule has 0 aliphatic rings. The molecule has 2 N–H and O–H groups in total. The minimum absolute atomic E-state index is 0.522. The zero-order valence-electron chi connectivity index (χ0n) is 9.28. The Morgan fingerprint density at radius 2 is 2.07 bits per heavy atom. The van der Waals surface area contributed by atoms with E-state index in [0.717, 1.165) is 11.4 Å². The molecule has 4 nitrogen and oxygen atoms in total. The molecule has 0 bridgehead atoms. The number of nitrogen functional groups attached to an aromatic ring is 1. The van der Waals surface area contributed by atoms with E-state index in [1.807, 2.05) is 20.8 Å². The number of aromatic nitrogens is 2. The van der Waals surface area contributed by atoms with E-state index in [0.29, 0.717) is 5.82 Å². The maximum atomic E-state index is 5.58. The third kappa shape index (κ3) is 2.73. The fourth-order valence-corrected chi connectivity index (χ4v) is 0.945. The van der Waals surface area contributed by atoms with Crippen molar-refractivity contribution in [1.29, 1.82) is 0 Å². The summed E-state index contributed by atoms with van der Waals surface area (Å²) in [6, 6.07) is 0. The van der Waals surface area contributed by atoms with Crippen molar-refractivity contribution in [2.75, 3.05) is 5.73 Å². The Morgan fingerprint density at radius 3 is 2.43 bits per heavy atom. The molecule has 0 unspecified atom stereocenters. The summed E-state index contributed by atoms with van der Waals surface area (Å²) in [6.45, 7) is 9.42. The van der Waals surface area contributed by atoms with Crippen molar-refractivity contribution in [3.05, 3.63) is 18.2 Å². The lowest BCUT2D eigenvalue weighted by Gasteiger charge is -1.93. The standard InChI is InChI=1S/C8H12N4.C2H6/c1-4-5-10-8-6(2)7(9)11-12(8)3;1-2/h4-5H,1H2,2-3H3,(H2,9,11);1-2H3/b10-5-;. The van der Waals surface area contributed by atoms with Gasteiger partial charge in [0.2, 0.25) is 0 Å². The van der Waals surface area contributed by atoms with Crippen LogP contribution in [0.1, 0.15) is 19.4 Å². The SMILES string of the molecule is C=C/C=N\c1c(C)c(N)nn1C.CC. The predicted octanol–water partition coefficient (Wildman–Crippen LogP) is 2.23. The quantitative estimate of drug-likeness (QED) is 0.734. The summed E-state index contributed by atoms with van der Waals surface area (Å²) in [5, 5.41) is 4.01. The van der Waals surface area contributed by atoms with E-state index in [2.05, 4.69) is 16.7 Å². The maximum absolute atomic E-state index is 5.58. The van der Waals surface area contributed by atoms with Crippen LogP contribution >= 0.6 is 0 Å². The Hall–Kier alpha value is -1.58. The topological polar surface area (TPSA) is 56.2 Å². The zero-order valence-corrected chi connectivity index (χ0v) is 9.28. The van der Waals surface area contributed by atoms with Crippen LogP contribution in [0.5, 0.6) is 0 Å². The van der Waals surface area contributed by atoms with Gasteiger partial charge in [0.1, 0.15) is 0 Å². The van der Waals surface area contributed by atoms with Gasteiger partial charge >= 0.3 is 0 Å². The molecule has 78 valence electrons. The number of nitrogens with zero attached hydrogens (tertiary/aromatic N) is 3. The van der Waals surface area contributed by atoms with Crippen molar-refractivity contribution in [2.24, 2.45) is 12.0 Å². The van der Waals surface area contributed by atoms with Gasteiger partial charge in [-0.1, -0.05) is 26.5 Å². The van der Waals surface area contributed by atoms with Gasteiger partial charge in [-0.2, -0.15) is 5.10 Å². The van der Waals surface area contributed by atoms with Gasteiger partial charge in [-0.15, -0.1) is 0 Å². The highest BCUT2D eigenvalue weighted by molar-refractivity contribution is 5.74. The van der Waals surface area contributed by atoms with Crippen molar-refractivity contribution >= 4 is 17.9 Å². The number of hydrogen-bond donors (Lipinski definition) is 1. The first-order valence-corrected chi connectivity index (χ1v) is 4.61. The molecule has 0 saturated carbocycles. The van der Waals surface area contributed by atoms with Gasteiger partial charge in [-0.25, -0.2) is 9.67 Å². The van der Waals surface area contributed by atoms with Crippen molar-refractivity contribution in [3.8, 4) is 0 Å². The van der Waals surface area contributed by atoms with E-state index in [4.69, 9.17) is 5.73 Å². The number of anilines is 1. The highest BCUT2D eigenvalue weighted by Gasteiger charge is 2.06. The van der Waals surface area contributed by atoms with Gasteiger partial charge in [-0.05, 0) is 6.92 Å². The molecule has 0 spiro atoms. The van der Waals surface area contributed by atoms with Crippen LogP contribution in [0.3, 0.4) is 0 Å². The van der Waals surface area contributed by atoms with E-state index in [-0.39, 0.29) is 0 Å². The van der Waals surface area contributed by atoms with Gasteiger partial charge in [0.25, 0.3) is 0 Å². The molecule has 0 aromatic carbocycles. The van der Waals surface area contributed by atoms with Crippen LogP contribution in [0.15, 0.2) is 17.6 Å². The summed E-state index contributed by atoms with van der Waals surface area (Å²) >= 11 is 0. The van der Waals surface area contributed by atoms with E-state index < -0.39 is 0 Å². The maximum Gasteiger partial charge on any atom is 0.155 e. The van der Waals surface area contributed by atoms with Crippen LogP contribution in [0.2, 0.25) is 0 Å². The zero-order chi connectivity index (χ0) is 11.1. The number of rotatable bonds is 2. The van der Waals surface area contributed by atoms with E-state index in [1.54, 1.807) is 24.0 Å². The third-order valence-corrected chi connectivity index (χ3v) is 1.59. The van der Waals surface area contributed by atoms with Crippen molar-refractivity contribution in [2.45, 2.75) is 20.8 Å². The Bertz CT molecular complexity index is 323. The molecule has 0 amide bonds. The van der Waals surface area contributed by atoms with E-state index in [9.17, 15) is 0 Å². The van der Waals surface area contributed by atoms with Gasteiger partial charge < -0.3 is 5.73 Å². The summed E-state index contributed by atoms with van der Waals surface area (Å²) in [6.07, 6.45) is 3.23. The van der Waals surface area contributed by atoms with Crippen LogP contribution in [0.4, 0.5) is 11.6 Å². The molecular formula is C10H18N4. The minimum Gasteiger partial charge on any atom is -0.382 e. The first-order chi connectivity index (χ1) is 6.66. The van der Waals surface area contributed by atoms with E-state index in [1.165, 1.54) is 0 Å². The first kappa shape index (κ1) is 12.4. The summed E-state index contributed by atoms with van der Waals surface area (Å²) in [4.78, 5) is 4.12. The lowest BCUT2D eigenvalue weighted by molar-refractivity contribution is 0.775. The average molecular weight is 194 g/mol. The van der Waals surface area contributed by atoms with Crippen LogP contribution in [-0.4, -0.2) is 16.0 Å². The highest BCUT2D eigenvalue weighted by Crippen LogP contribution is 2.21. The van der Waals surface area contributed by atoms with Crippen molar-refractivity contribution < 1.29 is 0 Å². The normalized spacial score (nSPS) is 9.71. The number of allylic oxidation sites excluding steroid dienone is 1. The number of nitrogens with two attached hydrogens (primary N) is 1. The lowest BCUT2D eigenvalue weighted by atomic mass is 10.3. The molecule has 0 saturated heterocycles. The van der Waals surface area contributed by atoms with Gasteiger partial charge in [0.15, 0.2) is 11.6 Å². The van der Waals surface area contributed by atoms with Crippen LogP contribution in [0, 0.1) is 6.92 Å². The molecule has 0 fully saturated rings.